The molecule has 3 N–H and O–H groups in total. The number of nitrogens with one attached hydrogen (secondary N) is 1. The van der Waals surface area contributed by atoms with Crippen molar-refractivity contribution in [2.24, 2.45) is 0 Å². The van der Waals surface area contributed by atoms with Gasteiger partial charge in [0.05, 0.1) is 11.2 Å². The van der Waals surface area contributed by atoms with Gasteiger partial charge in [0.25, 0.3) is 0 Å². The largest absolute Gasteiger partial charge is 0.368 e. The summed E-state index contributed by atoms with van der Waals surface area (Å²) in [5.74, 6) is 0.683. The minimum atomic E-state index is -0.273. The molecule has 0 amide bonds. The van der Waals surface area contributed by atoms with Crippen molar-refractivity contribution in [2.45, 2.75) is 38.1 Å². The van der Waals surface area contributed by atoms with Gasteiger partial charge in [0.2, 0.25) is 5.95 Å². The van der Waals surface area contributed by atoms with Crippen LogP contribution in [0.2, 0.25) is 0 Å². The van der Waals surface area contributed by atoms with Gasteiger partial charge >= 0.3 is 0 Å². The van der Waals surface area contributed by atoms with Crippen molar-refractivity contribution in [1.82, 2.24) is 25.2 Å². The number of hydrogen-bond donors (Lipinski definition) is 2. The maximum Gasteiger partial charge on any atom is 0.222 e. The van der Waals surface area contributed by atoms with Gasteiger partial charge in [-0.3, -0.25) is 0 Å². The zero-order chi connectivity index (χ0) is 22.8. The molecular formula is C24H28FN7S. The normalized spacial score (nSPS) is 17.4. The van der Waals surface area contributed by atoms with Crippen LogP contribution in [0.4, 0.5) is 16.2 Å². The Morgan fingerprint density at radius 2 is 1.67 bits per heavy atom. The lowest BCUT2D eigenvalue weighted by molar-refractivity contribution is 0.354. The second-order valence-corrected chi connectivity index (χ2v) is 9.12. The van der Waals surface area contributed by atoms with Crippen molar-refractivity contribution in [2.75, 3.05) is 36.8 Å². The minimum Gasteiger partial charge on any atom is -0.368 e. The van der Waals surface area contributed by atoms with Gasteiger partial charge in [0.1, 0.15) is 11.3 Å². The van der Waals surface area contributed by atoms with E-state index in [9.17, 15) is 4.39 Å². The van der Waals surface area contributed by atoms with E-state index in [-0.39, 0.29) is 11.8 Å². The zero-order valence-electron chi connectivity index (χ0n) is 18.5. The van der Waals surface area contributed by atoms with Crippen LogP contribution in [0.15, 0.2) is 36.4 Å². The van der Waals surface area contributed by atoms with E-state index in [1.54, 1.807) is 12.1 Å². The van der Waals surface area contributed by atoms with Crippen molar-refractivity contribution in [3.8, 4) is 11.3 Å². The third-order valence-electron chi connectivity index (χ3n) is 6.48. The lowest BCUT2D eigenvalue weighted by atomic mass is 9.96. The molecule has 1 aliphatic carbocycles. The number of nitrogens with zero attached hydrogens (tertiary/aromatic N) is 5. The quantitative estimate of drug-likeness (QED) is 0.566. The molecule has 0 bridgehead atoms. The Labute approximate surface area is 198 Å². The molecule has 2 aliphatic rings. The third-order valence-corrected chi connectivity index (χ3v) is 6.86. The van der Waals surface area contributed by atoms with Gasteiger partial charge in [-0.2, -0.15) is 4.98 Å². The summed E-state index contributed by atoms with van der Waals surface area (Å²) in [5.41, 5.74) is 8.99. The fourth-order valence-electron chi connectivity index (χ4n) is 4.65. The van der Waals surface area contributed by atoms with Crippen LogP contribution in [0.3, 0.4) is 0 Å². The molecule has 2 aromatic heterocycles. The highest BCUT2D eigenvalue weighted by Crippen LogP contribution is 2.28. The molecule has 7 nitrogen and oxygen atoms in total. The average molecular weight is 466 g/mol. The van der Waals surface area contributed by atoms with Crippen molar-refractivity contribution in [3.05, 3.63) is 42.2 Å². The number of halogens is 1. The molecule has 3 aromatic rings. The number of thiocarbonyl (C=S) groups is 1. The first kappa shape index (κ1) is 21.8. The molecule has 0 spiro atoms. The van der Waals surface area contributed by atoms with E-state index >= 15 is 0 Å². The Morgan fingerprint density at radius 3 is 2.39 bits per heavy atom. The van der Waals surface area contributed by atoms with E-state index in [1.165, 1.54) is 44.2 Å². The Bertz CT molecular complexity index is 1140. The Kier molecular flexibility index (Phi) is 6.22. The number of aromatic nitrogens is 3. The van der Waals surface area contributed by atoms with Gasteiger partial charge in [-0.1, -0.05) is 19.3 Å². The molecule has 1 aromatic carbocycles. The molecule has 9 heteroatoms. The smallest absolute Gasteiger partial charge is 0.222 e. The molecule has 3 heterocycles. The summed E-state index contributed by atoms with van der Waals surface area (Å²) in [4.78, 5) is 18.2. The number of hydrogen-bond acceptors (Lipinski definition) is 6. The highest BCUT2D eigenvalue weighted by atomic mass is 32.1. The molecule has 1 aliphatic heterocycles. The van der Waals surface area contributed by atoms with Gasteiger partial charge in [0, 0.05) is 37.8 Å². The van der Waals surface area contributed by atoms with Crippen LogP contribution < -0.4 is 16.0 Å². The zero-order valence-corrected chi connectivity index (χ0v) is 19.3. The van der Waals surface area contributed by atoms with Crippen LogP contribution in [0.1, 0.15) is 32.1 Å². The molecular weight excluding hydrogens is 437 g/mol. The number of nitrogen functional groups attached to an aromatic ring is 1. The van der Waals surface area contributed by atoms with E-state index in [4.69, 9.17) is 22.9 Å². The summed E-state index contributed by atoms with van der Waals surface area (Å²) >= 11 is 5.70. The van der Waals surface area contributed by atoms with E-state index in [0.717, 1.165) is 48.4 Å². The topological polar surface area (TPSA) is 83.2 Å². The molecule has 0 unspecified atom stereocenters. The van der Waals surface area contributed by atoms with E-state index in [2.05, 4.69) is 25.1 Å². The second kappa shape index (κ2) is 9.43. The predicted octanol–water partition coefficient (Wildman–Crippen LogP) is 3.74. The summed E-state index contributed by atoms with van der Waals surface area (Å²) in [7, 11) is 0. The molecule has 2 fully saturated rings. The van der Waals surface area contributed by atoms with Gasteiger partial charge in [-0.25, -0.2) is 14.4 Å². The number of piperazine rings is 1. The Morgan fingerprint density at radius 1 is 0.939 bits per heavy atom. The lowest BCUT2D eigenvalue weighted by Gasteiger charge is -2.38. The lowest BCUT2D eigenvalue weighted by Crippen LogP contribution is -2.53. The number of pyridine rings is 1. The fraction of sp³-hybridized carbons (Fsp3) is 0.417. The molecule has 1 saturated carbocycles. The minimum absolute atomic E-state index is 0.228. The standard InChI is InChI=1S/C24H28FN7S/c25-17-8-6-16(7-9-17)19-10-11-20-21(28-19)22(30-23(26)29-20)31-12-14-32(15-13-31)24(33)27-18-4-2-1-3-5-18/h6-11,18H,1-5,12-15H2,(H,27,33)(H2,26,29,30). The summed E-state index contributed by atoms with van der Waals surface area (Å²) in [6.07, 6.45) is 6.30. The molecule has 33 heavy (non-hydrogen) atoms. The monoisotopic (exact) mass is 465 g/mol. The fourth-order valence-corrected chi connectivity index (χ4v) is 5.00. The molecule has 0 atom stereocenters. The number of benzene rings is 1. The highest BCUT2D eigenvalue weighted by molar-refractivity contribution is 7.80. The number of anilines is 2. The van der Waals surface area contributed by atoms with Crippen molar-refractivity contribution in [3.63, 3.8) is 0 Å². The van der Waals surface area contributed by atoms with Crippen molar-refractivity contribution >= 4 is 40.1 Å². The van der Waals surface area contributed by atoms with Gasteiger partial charge in [-0.15, -0.1) is 0 Å². The first-order valence-corrected chi connectivity index (χ1v) is 12.0. The van der Waals surface area contributed by atoms with E-state index in [0.29, 0.717) is 17.1 Å². The summed E-state index contributed by atoms with van der Waals surface area (Å²) in [5, 5.41) is 4.42. The molecule has 1 saturated heterocycles. The summed E-state index contributed by atoms with van der Waals surface area (Å²) in [6, 6.07) is 10.6. The van der Waals surface area contributed by atoms with Gasteiger partial charge < -0.3 is 20.9 Å². The SMILES string of the molecule is Nc1nc(N2CCN(C(=S)NC3CCCCC3)CC2)c2nc(-c3ccc(F)cc3)ccc2n1. The number of fused-ring (bicyclic) bond motifs is 1. The van der Waals surface area contributed by atoms with Crippen LogP contribution >= 0.6 is 12.2 Å². The maximum atomic E-state index is 13.3. The predicted molar refractivity (Wildman–Crippen MR) is 134 cm³/mol. The van der Waals surface area contributed by atoms with E-state index < -0.39 is 0 Å². The number of nitrogens with two attached hydrogens (primary N) is 1. The Hall–Kier alpha value is -3.07. The van der Waals surface area contributed by atoms with Crippen LogP contribution in [0.25, 0.3) is 22.3 Å². The first-order valence-electron chi connectivity index (χ1n) is 11.6. The highest BCUT2D eigenvalue weighted by Gasteiger charge is 2.24. The maximum absolute atomic E-state index is 13.3. The molecule has 5 rings (SSSR count). The third kappa shape index (κ3) is 4.83. The van der Waals surface area contributed by atoms with Gasteiger partial charge in [0.15, 0.2) is 10.9 Å². The summed E-state index contributed by atoms with van der Waals surface area (Å²) in [6.45, 7) is 3.14. The van der Waals surface area contributed by atoms with Crippen LogP contribution in [-0.2, 0) is 0 Å². The van der Waals surface area contributed by atoms with Crippen LogP contribution in [0.5, 0.6) is 0 Å². The number of rotatable bonds is 3. The van der Waals surface area contributed by atoms with E-state index in [1.807, 2.05) is 12.1 Å². The van der Waals surface area contributed by atoms with Crippen LogP contribution in [-0.4, -0.2) is 57.2 Å². The second-order valence-electron chi connectivity index (χ2n) is 8.74. The Balaban J connectivity index is 1.34. The first-order chi connectivity index (χ1) is 16.1. The molecule has 172 valence electrons. The van der Waals surface area contributed by atoms with Gasteiger partial charge in [-0.05, 0) is 61.5 Å². The van der Waals surface area contributed by atoms with Crippen molar-refractivity contribution < 1.29 is 4.39 Å². The average Bonchev–Trinajstić information content (AvgIpc) is 2.84. The summed E-state index contributed by atoms with van der Waals surface area (Å²) < 4.78 is 13.3. The van der Waals surface area contributed by atoms with Crippen LogP contribution in [0, 0.1) is 5.82 Å². The van der Waals surface area contributed by atoms with Crippen molar-refractivity contribution in [1.29, 1.82) is 0 Å². The molecule has 0 radical (unpaired) electrons.